The Labute approximate surface area is 165 Å². The number of hydrogen-bond acceptors (Lipinski definition) is 5. The fourth-order valence-electron chi connectivity index (χ4n) is 5.43. The first-order valence-corrected chi connectivity index (χ1v) is 10.2. The summed E-state index contributed by atoms with van der Waals surface area (Å²) in [6.07, 6.45) is 3.55. The number of rotatable bonds is 2. The molecule has 6 heteroatoms. The van der Waals surface area contributed by atoms with Gasteiger partial charge in [0.1, 0.15) is 11.9 Å². The lowest BCUT2D eigenvalue weighted by molar-refractivity contribution is -0.235. The first-order valence-electron chi connectivity index (χ1n) is 10.2. The summed E-state index contributed by atoms with van der Waals surface area (Å²) in [6.45, 7) is 6.41. The van der Waals surface area contributed by atoms with Gasteiger partial charge in [0.15, 0.2) is 5.72 Å². The van der Waals surface area contributed by atoms with Gasteiger partial charge in [-0.15, -0.1) is 0 Å². The van der Waals surface area contributed by atoms with Crippen molar-refractivity contribution in [3.63, 3.8) is 0 Å². The molecular formula is C22H29N3O3. The van der Waals surface area contributed by atoms with Crippen molar-refractivity contribution in [3.8, 4) is 5.75 Å². The first kappa shape index (κ1) is 18.2. The lowest BCUT2D eigenvalue weighted by Crippen LogP contribution is -2.68. The van der Waals surface area contributed by atoms with Crippen molar-refractivity contribution in [1.29, 1.82) is 0 Å². The van der Waals surface area contributed by atoms with Gasteiger partial charge in [0, 0.05) is 47.4 Å². The number of allylic oxidation sites excluding steroid dienone is 1. The van der Waals surface area contributed by atoms with Gasteiger partial charge in [-0.05, 0) is 45.4 Å². The minimum absolute atomic E-state index is 0.0884. The molecule has 0 spiro atoms. The van der Waals surface area contributed by atoms with Crippen molar-refractivity contribution in [1.82, 2.24) is 14.8 Å². The number of fused-ring (bicyclic) bond motifs is 5. The van der Waals surface area contributed by atoms with Crippen LogP contribution in [0.2, 0.25) is 0 Å². The van der Waals surface area contributed by atoms with Gasteiger partial charge < -0.3 is 19.9 Å². The highest BCUT2D eigenvalue weighted by Crippen LogP contribution is 2.50. The van der Waals surface area contributed by atoms with Gasteiger partial charge in [-0.1, -0.05) is 11.6 Å². The molecule has 0 saturated carbocycles. The zero-order valence-electron chi connectivity index (χ0n) is 16.8. The van der Waals surface area contributed by atoms with Gasteiger partial charge in [0.05, 0.1) is 13.2 Å². The molecule has 6 nitrogen and oxygen atoms in total. The number of piperazine rings is 1. The van der Waals surface area contributed by atoms with E-state index in [1.807, 2.05) is 18.2 Å². The summed E-state index contributed by atoms with van der Waals surface area (Å²) in [5.74, 6) is 0.774. The van der Waals surface area contributed by atoms with Crippen molar-refractivity contribution in [2.75, 3.05) is 26.7 Å². The Morgan fingerprint density at radius 1 is 1.36 bits per heavy atom. The predicted molar refractivity (Wildman–Crippen MR) is 108 cm³/mol. The highest BCUT2D eigenvalue weighted by molar-refractivity contribution is 5.87. The third kappa shape index (κ3) is 2.48. The molecular weight excluding hydrogens is 354 g/mol. The molecule has 2 fully saturated rings. The predicted octanol–water partition coefficient (Wildman–Crippen LogP) is 2.70. The van der Waals surface area contributed by atoms with Crippen LogP contribution in [0, 0.1) is 0 Å². The second-order valence-corrected chi connectivity index (χ2v) is 8.75. The summed E-state index contributed by atoms with van der Waals surface area (Å²) in [5.41, 5.74) is 2.63. The molecule has 150 valence electrons. The maximum absolute atomic E-state index is 11.8. The normalized spacial score (nSPS) is 32.7. The van der Waals surface area contributed by atoms with E-state index in [0.29, 0.717) is 12.6 Å². The van der Waals surface area contributed by atoms with Crippen LogP contribution in [0.25, 0.3) is 10.9 Å². The molecule has 0 radical (unpaired) electrons. The fraction of sp³-hybridized carbons (Fsp3) is 0.545. The van der Waals surface area contributed by atoms with E-state index in [2.05, 4.69) is 34.7 Å². The summed E-state index contributed by atoms with van der Waals surface area (Å²) in [4.78, 5) is 8.00. The number of H-pyrrole nitrogens is 1. The molecule has 0 unspecified atom stereocenters. The molecule has 1 aromatic carbocycles. The molecule has 28 heavy (non-hydrogen) atoms. The Balaban J connectivity index is 1.71. The number of ether oxygens (including phenoxy) is 1. The molecule has 3 aliphatic rings. The van der Waals surface area contributed by atoms with E-state index in [0.717, 1.165) is 53.8 Å². The molecule has 0 aliphatic carbocycles. The molecule has 4 heterocycles. The van der Waals surface area contributed by atoms with Crippen molar-refractivity contribution in [2.45, 2.75) is 50.6 Å². The number of nitrogens with zero attached hydrogens (tertiary/aromatic N) is 2. The molecule has 3 aliphatic heterocycles. The Morgan fingerprint density at radius 2 is 2.18 bits per heavy atom. The van der Waals surface area contributed by atoms with E-state index in [4.69, 9.17) is 4.74 Å². The van der Waals surface area contributed by atoms with Crippen molar-refractivity contribution >= 4 is 10.9 Å². The molecule has 4 atom stereocenters. The number of aromatic nitrogens is 1. The number of aliphatic hydroxyl groups excluding tert-OH is 1. The van der Waals surface area contributed by atoms with Gasteiger partial charge in [0.2, 0.25) is 0 Å². The van der Waals surface area contributed by atoms with Crippen molar-refractivity contribution < 1.29 is 14.9 Å². The molecule has 2 aromatic rings. The summed E-state index contributed by atoms with van der Waals surface area (Å²) in [5, 5.41) is 24.1. The number of hydrogen-bond donors (Lipinski definition) is 3. The van der Waals surface area contributed by atoms with Crippen LogP contribution >= 0.6 is 0 Å². The van der Waals surface area contributed by atoms with Crippen LogP contribution < -0.4 is 4.74 Å². The van der Waals surface area contributed by atoms with Gasteiger partial charge in [-0.25, -0.2) is 0 Å². The number of benzene rings is 1. The maximum atomic E-state index is 11.8. The van der Waals surface area contributed by atoms with E-state index in [9.17, 15) is 10.2 Å². The van der Waals surface area contributed by atoms with Gasteiger partial charge in [-0.3, -0.25) is 9.80 Å². The van der Waals surface area contributed by atoms with Crippen LogP contribution in [0.1, 0.15) is 50.1 Å². The Morgan fingerprint density at radius 3 is 2.93 bits per heavy atom. The lowest BCUT2D eigenvalue weighted by atomic mass is 9.83. The van der Waals surface area contributed by atoms with E-state index in [1.54, 1.807) is 7.11 Å². The Bertz CT molecular complexity index is 948. The van der Waals surface area contributed by atoms with Crippen LogP contribution in [0.3, 0.4) is 0 Å². The average molecular weight is 383 g/mol. The fourth-order valence-corrected chi connectivity index (χ4v) is 5.43. The topological polar surface area (TPSA) is 72.0 Å². The second-order valence-electron chi connectivity index (χ2n) is 8.75. The standard InChI is InChI=1S/C22H29N3O3/c1-13(2)9-18-20-19(16-7-6-15(28-3)10-17(16)23-20)21(26)22(27)12-24-8-4-5-14(24)11-25(18)22/h6-7,9-10,14,18,21,23,26-27H,4-5,8,11-12H2,1-3H3/t14-,18-,21-,22+/m0/s1. The Kier molecular flexibility index (Phi) is 4.11. The summed E-state index contributed by atoms with van der Waals surface area (Å²) in [6, 6.07) is 6.21. The lowest BCUT2D eigenvalue weighted by Gasteiger charge is -2.56. The van der Waals surface area contributed by atoms with Gasteiger partial charge >= 0.3 is 0 Å². The maximum Gasteiger partial charge on any atom is 0.162 e. The molecule has 5 rings (SSSR count). The highest BCUT2D eigenvalue weighted by atomic mass is 16.5. The zero-order chi connectivity index (χ0) is 19.6. The Hall–Kier alpha value is -1.86. The molecule has 2 saturated heterocycles. The van der Waals surface area contributed by atoms with E-state index >= 15 is 0 Å². The highest BCUT2D eigenvalue weighted by Gasteiger charge is 2.56. The van der Waals surface area contributed by atoms with Crippen LogP contribution in [0.5, 0.6) is 5.75 Å². The first-order chi connectivity index (χ1) is 13.4. The SMILES string of the molecule is COc1ccc2c3c([nH]c2c1)[C@H](C=C(C)C)N1C[C@@H]2CCCN2C[C@@]1(O)[C@H]3O. The van der Waals surface area contributed by atoms with Gasteiger partial charge in [0.25, 0.3) is 0 Å². The van der Waals surface area contributed by atoms with Crippen LogP contribution in [-0.4, -0.2) is 63.5 Å². The molecule has 3 N–H and O–H groups in total. The minimum atomic E-state index is -1.29. The van der Waals surface area contributed by atoms with Crippen LogP contribution in [0.4, 0.5) is 0 Å². The summed E-state index contributed by atoms with van der Waals surface area (Å²) in [7, 11) is 1.65. The minimum Gasteiger partial charge on any atom is -0.497 e. The smallest absolute Gasteiger partial charge is 0.162 e. The third-order valence-corrected chi connectivity index (χ3v) is 6.75. The molecule has 0 bridgehead atoms. The van der Waals surface area contributed by atoms with E-state index in [-0.39, 0.29) is 6.04 Å². The molecule has 1 aromatic heterocycles. The zero-order valence-corrected chi connectivity index (χ0v) is 16.8. The quantitative estimate of drug-likeness (QED) is 0.696. The monoisotopic (exact) mass is 383 g/mol. The molecule has 0 amide bonds. The average Bonchev–Trinajstić information content (AvgIpc) is 3.26. The van der Waals surface area contributed by atoms with Gasteiger partial charge in [-0.2, -0.15) is 0 Å². The number of aromatic amines is 1. The van der Waals surface area contributed by atoms with Crippen molar-refractivity contribution in [3.05, 3.63) is 41.1 Å². The number of methoxy groups -OCH3 is 1. The largest absolute Gasteiger partial charge is 0.497 e. The van der Waals surface area contributed by atoms with E-state index in [1.165, 1.54) is 5.57 Å². The van der Waals surface area contributed by atoms with Crippen molar-refractivity contribution in [2.24, 2.45) is 0 Å². The number of nitrogens with one attached hydrogen (secondary N) is 1. The second kappa shape index (κ2) is 6.32. The van der Waals surface area contributed by atoms with E-state index < -0.39 is 11.8 Å². The third-order valence-electron chi connectivity index (χ3n) is 6.75. The van der Waals surface area contributed by atoms with Crippen LogP contribution in [0.15, 0.2) is 29.8 Å². The summed E-state index contributed by atoms with van der Waals surface area (Å²) < 4.78 is 5.38. The summed E-state index contributed by atoms with van der Waals surface area (Å²) >= 11 is 0. The number of aliphatic hydroxyl groups is 2. The van der Waals surface area contributed by atoms with Crippen LogP contribution in [-0.2, 0) is 0 Å².